The molecule has 1 aromatic carbocycles. The van der Waals surface area contributed by atoms with Crippen molar-refractivity contribution in [3.63, 3.8) is 0 Å². The molecule has 0 bridgehead atoms. The van der Waals surface area contributed by atoms with Crippen LogP contribution in [0, 0.1) is 11.6 Å². The van der Waals surface area contributed by atoms with Gasteiger partial charge in [0, 0.05) is 36.5 Å². The van der Waals surface area contributed by atoms with E-state index in [1.54, 1.807) is 12.3 Å². The molecule has 0 saturated carbocycles. The lowest BCUT2D eigenvalue weighted by atomic mass is 10.0. The van der Waals surface area contributed by atoms with E-state index in [2.05, 4.69) is 26.6 Å². The zero-order valence-electron chi connectivity index (χ0n) is 15.0. The van der Waals surface area contributed by atoms with Crippen molar-refractivity contribution in [3.05, 3.63) is 71.0 Å². The standard InChI is InChI=1S/C21H14ClF2N5/c22-15-6-13(16(23)7-17(15)24)21-14(10-27-29-21)18-1-2-19-20(28-18)5-12(9-26-19)11-3-4-25-8-11/h1-3,5-7,9-10,25H,4,8H2,(H,27,29). The van der Waals surface area contributed by atoms with Gasteiger partial charge in [0.05, 0.1) is 33.6 Å². The molecule has 0 saturated heterocycles. The molecular formula is C21H14ClF2N5. The normalized spacial score (nSPS) is 13.8. The molecule has 4 heterocycles. The van der Waals surface area contributed by atoms with Crippen molar-refractivity contribution in [2.45, 2.75) is 0 Å². The van der Waals surface area contributed by atoms with Gasteiger partial charge in [0.2, 0.25) is 0 Å². The third kappa shape index (κ3) is 3.18. The van der Waals surface area contributed by atoms with Crippen LogP contribution in [0.1, 0.15) is 5.56 Å². The zero-order chi connectivity index (χ0) is 20.0. The van der Waals surface area contributed by atoms with Gasteiger partial charge in [0.1, 0.15) is 11.6 Å². The highest BCUT2D eigenvalue weighted by atomic mass is 35.5. The fourth-order valence-electron chi connectivity index (χ4n) is 3.43. The molecule has 144 valence electrons. The lowest BCUT2D eigenvalue weighted by Gasteiger charge is -2.08. The molecule has 5 rings (SSSR count). The second kappa shape index (κ2) is 7.02. The number of benzene rings is 1. The van der Waals surface area contributed by atoms with Crippen molar-refractivity contribution < 1.29 is 8.78 Å². The smallest absolute Gasteiger partial charge is 0.144 e. The monoisotopic (exact) mass is 409 g/mol. The maximum absolute atomic E-state index is 14.4. The average molecular weight is 410 g/mol. The number of hydrogen-bond donors (Lipinski definition) is 2. The topological polar surface area (TPSA) is 66.5 Å². The van der Waals surface area contributed by atoms with Gasteiger partial charge in [-0.15, -0.1) is 0 Å². The molecule has 29 heavy (non-hydrogen) atoms. The van der Waals surface area contributed by atoms with Crippen molar-refractivity contribution in [1.82, 2.24) is 25.5 Å². The molecule has 3 aromatic heterocycles. The van der Waals surface area contributed by atoms with E-state index in [0.717, 1.165) is 35.8 Å². The molecule has 1 aliphatic heterocycles. The minimum Gasteiger partial charge on any atom is -0.309 e. The Balaban J connectivity index is 1.62. The maximum atomic E-state index is 14.4. The van der Waals surface area contributed by atoms with Crippen LogP contribution in [-0.2, 0) is 0 Å². The maximum Gasteiger partial charge on any atom is 0.144 e. The quantitative estimate of drug-likeness (QED) is 0.485. The summed E-state index contributed by atoms with van der Waals surface area (Å²) < 4.78 is 27.9. The van der Waals surface area contributed by atoms with E-state index in [4.69, 9.17) is 16.6 Å². The predicted molar refractivity (Wildman–Crippen MR) is 108 cm³/mol. The Morgan fingerprint density at radius 2 is 1.86 bits per heavy atom. The Labute approximate surface area is 169 Å². The van der Waals surface area contributed by atoms with E-state index in [-0.39, 0.29) is 10.6 Å². The van der Waals surface area contributed by atoms with Crippen LogP contribution in [-0.4, -0.2) is 33.3 Å². The van der Waals surface area contributed by atoms with Gasteiger partial charge in [-0.3, -0.25) is 10.1 Å². The third-order valence-electron chi connectivity index (χ3n) is 4.91. The van der Waals surface area contributed by atoms with E-state index in [1.165, 1.54) is 11.6 Å². The summed E-state index contributed by atoms with van der Waals surface area (Å²) in [6.07, 6.45) is 5.52. The van der Waals surface area contributed by atoms with Gasteiger partial charge in [0.15, 0.2) is 0 Å². The zero-order valence-corrected chi connectivity index (χ0v) is 15.8. The number of aromatic amines is 1. The highest BCUT2D eigenvalue weighted by molar-refractivity contribution is 6.31. The Hall–Kier alpha value is -3.16. The molecule has 0 radical (unpaired) electrons. The highest BCUT2D eigenvalue weighted by Crippen LogP contribution is 2.34. The van der Waals surface area contributed by atoms with Crippen LogP contribution >= 0.6 is 11.6 Å². The number of nitrogens with one attached hydrogen (secondary N) is 2. The van der Waals surface area contributed by atoms with Crippen LogP contribution in [0.5, 0.6) is 0 Å². The van der Waals surface area contributed by atoms with Crippen LogP contribution in [0.4, 0.5) is 8.78 Å². The average Bonchev–Trinajstić information content (AvgIpc) is 3.42. The first-order chi connectivity index (χ1) is 14.1. The molecule has 0 unspecified atom stereocenters. The molecule has 1 aliphatic rings. The minimum absolute atomic E-state index is 0.125. The first kappa shape index (κ1) is 17.9. The number of nitrogens with zero attached hydrogens (tertiary/aromatic N) is 3. The van der Waals surface area contributed by atoms with Gasteiger partial charge < -0.3 is 5.32 Å². The van der Waals surface area contributed by atoms with Crippen LogP contribution < -0.4 is 5.32 Å². The fourth-order valence-corrected chi connectivity index (χ4v) is 3.59. The van der Waals surface area contributed by atoms with Crippen LogP contribution in [0.25, 0.3) is 39.1 Å². The van der Waals surface area contributed by atoms with Crippen LogP contribution in [0.3, 0.4) is 0 Å². The minimum atomic E-state index is -0.813. The highest BCUT2D eigenvalue weighted by Gasteiger charge is 2.18. The third-order valence-corrected chi connectivity index (χ3v) is 5.20. The van der Waals surface area contributed by atoms with Gasteiger partial charge in [-0.05, 0) is 35.4 Å². The van der Waals surface area contributed by atoms with E-state index < -0.39 is 11.6 Å². The molecule has 5 nitrogen and oxygen atoms in total. The number of halogens is 3. The summed E-state index contributed by atoms with van der Waals surface area (Å²) in [5.74, 6) is -1.55. The van der Waals surface area contributed by atoms with E-state index in [9.17, 15) is 8.78 Å². The number of pyridine rings is 2. The first-order valence-electron chi connectivity index (χ1n) is 8.96. The van der Waals surface area contributed by atoms with Crippen molar-refractivity contribution in [2.24, 2.45) is 0 Å². The lowest BCUT2D eigenvalue weighted by Crippen LogP contribution is -2.07. The van der Waals surface area contributed by atoms with Gasteiger partial charge >= 0.3 is 0 Å². The molecule has 0 fully saturated rings. The SMILES string of the molecule is Fc1cc(F)c(-c2[nH]ncc2-c2ccc3ncc(C4=CCNC4)cc3n2)cc1Cl. The summed E-state index contributed by atoms with van der Waals surface area (Å²) in [7, 11) is 0. The van der Waals surface area contributed by atoms with Gasteiger partial charge in [0.25, 0.3) is 0 Å². The molecule has 0 atom stereocenters. The summed E-state index contributed by atoms with van der Waals surface area (Å²) in [5, 5.41) is 9.90. The van der Waals surface area contributed by atoms with Gasteiger partial charge in [-0.1, -0.05) is 17.7 Å². The number of fused-ring (bicyclic) bond motifs is 1. The molecule has 2 N–H and O–H groups in total. The second-order valence-electron chi connectivity index (χ2n) is 6.72. The Bertz CT molecular complexity index is 1280. The summed E-state index contributed by atoms with van der Waals surface area (Å²) in [6.45, 7) is 1.63. The fraction of sp³-hybridized carbons (Fsp3) is 0.0952. The summed E-state index contributed by atoms with van der Waals surface area (Å²) in [5.41, 5.74) is 5.35. The number of H-pyrrole nitrogens is 1. The van der Waals surface area contributed by atoms with Crippen molar-refractivity contribution in [2.75, 3.05) is 13.1 Å². The second-order valence-corrected chi connectivity index (χ2v) is 7.13. The van der Waals surface area contributed by atoms with Crippen molar-refractivity contribution in [1.29, 1.82) is 0 Å². The molecular weight excluding hydrogens is 396 g/mol. The van der Waals surface area contributed by atoms with Gasteiger partial charge in [-0.2, -0.15) is 5.10 Å². The van der Waals surface area contributed by atoms with E-state index in [1.807, 2.05) is 18.3 Å². The predicted octanol–water partition coefficient (Wildman–Crippen LogP) is 4.61. The number of aromatic nitrogens is 4. The first-order valence-corrected chi connectivity index (χ1v) is 9.33. The number of rotatable bonds is 3. The molecule has 0 aliphatic carbocycles. The largest absolute Gasteiger partial charge is 0.309 e. The molecule has 4 aromatic rings. The van der Waals surface area contributed by atoms with Crippen molar-refractivity contribution >= 4 is 28.2 Å². The molecule has 0 spiro atoms. The lowest BCUT2D eigenvalue weighted by molar-refractivity contribution is 0.585. The summed E-state index contributed by atoms with van der Waals surface area (Å²) in [6, 6.07) is 7.63. The van der Waals surface area contributed by atoms with Gasteiger partial charge in [-0.25, -0.2) is 13.8 Å². The Morgan fingerprint density at radius 1 is 0.966 bits per heavy atom. The Morgan fingerprint density at radius 3 is 2.69 bits per heavy atom. The number of hydrogen-bond acceptors (Lipinski definition) is 4. The van der Waals surface area contributed by atoms with Crippen molar-refractivity contribution in [3.8, 4) is 22.5 Å². The Kier molecular flexibility index (Phi) is 4.34. The van der Waals surface area contributed by atoms with Crippen LogP contribution in [0.15, 0.2) is 48.8 Å². The molecule has 0 amide bonds. The van der Waals surface area contributed by atoms with E-state index in [0.29, 0.717) is 17.0 Å². The summed E-state index contributed by atoms with van der Waals surface area (Å²) >= 11 is 5.85. The van der Waals surface area contributed by atoms with Crippen LogP contribution in [0.2, 0.25) is 5.02 Å². The van der Waals surface area contributed by atoms with E-state index >= 15 is 0 Å². The summed E-state index contributed by atoms with van der Waals surface area (Å²) in [4.78, 5) is 9.20. The molecule has 8 heteroatoms.